The second-order valence-electron chi connectivity index (χ2n) is 2.29. The number of hydrogen-bond acceptors (Lipinski definition) is 1. The van der Waals surface area contributed by atoms with Crippen LogP contribution in [0.4, 0.5) is 0 Å². The smallest absolute Gasteiger partial charge is 0.0625 e. The van der Waals surface area contributed by atoms with Gasteiger partial charge in [0.25, 0.3) is 0 Å². The number of alkyl halides is 1. The number of aliphatic hydroxyl groups is 1. The van der Waals surface area contributed by atoms with Crippen molar-refractivity contribution in [1.82, 2.24) is 0 Å². The lowest BCUT2D eigenvalue weighted by Gasteiger charge is -2.18. The Bertz CT molecular complexity index is 61.5. The van der Waals surface area contributed by atoms with Gasteiger partial charge in [-0.05, 0) is 19.8 Å². The maximum absolute atomic E-state index is 9.29. The van der Waals surface area contributed by atoms with Crippen LogP contribution in [0.1, 0.15) is 26.7 Å². The van der Waals surface area contributed by atoms with E-state index in [-0.39, 0.29) is 0 Å². The van der Waals surface area contributed by atoms with Gasteiger partial charge in [0, 0.05) is 5.33 Å². The first-order valence-electron chi connectivity index (χ1n) is 2.91. The molecule has 0 bridgehead atoms. The molecule has 50 valence electrons. The maximum Gasteiger partial charge on any atom is 0.0625 e. The minimum atomic E-state index is -0.455. The molecule has 1 unspecified atom stereocenters. The van der Waals surface area contributed by atoms with Crippen LogP contribution >= 0.6 is 15.9 Å². The molecule has 0 aliphatic rings. The molecule has 8 heavy (non-hydrogen) atoms. The largest absolute Gasteiger partial charge is 0.390 e. The quantitative estimate of drug-likeness (QED) is 0.659. The molecule has 0 amide bonds. The summed E-state index contributed by atoms with van der Waals surface area (Å²) >= 11 is 3.27. The van der Waals surface area contributed by atoms with Gasteiger partial charge in [0.1, 0.15) is 0 Å². The Morgan fingerprint density at radius 1 is 1.62 bits per heavy atom. The molecule has 2 heteroatoms. The molecule has 0 aromatic rings. The van der Waals surface area contributed by atoms with E-state index in [2.05, 4.69) is 15.9 Å². The van der Waals surface area contributed by atoms with Crippen molar-refractivity contribution >= 4 is 15.9 Å². The third-order valence-corrected chi connectivity index (χ3v) is 1.79. The van der Waals surface area contributed by atoms with Gasteiger partial charge in [0.2, 0.25) is 0 Å². The molecule has 0 spiro atoms. The Balaban J connectivity index is 3.37. The van der Waals surface area contributed by atoms with Gasteiger partial charge < -0.3 is 5.11 Å². The van der Waals surface area contributed by atoms with Gasteiger partial charge in [0.15, 0.2) is 0 Å². The lowest BCUT2D eigenvalue weighted by Crippen LogP contribution is -2.22. The number of halogens is 1. The van der Waals surface area contributed by atoms with Gasteiger partial charge >= 0.3 is 0 Å². The van der Waals surface area contributed by atoms with Crippen molar-refractivity contribution < 1.29 is 5.11 Å². The molecule has 0 aromatic heterocycles. The highest BCUT2D eigenvalue weighted by Gasteiger charge is 2.14. The van der Waals surface area contributed by atoms with Crippen LogP contribution in [0.3, 0.4) is 0 Å². The van der Waals surface area contributed by atoms with E-state index in [1.807, 2.05) is 13.8 Å². The molecule has 0 saturated heterocycles. The van der Waals surface area contributed by atoms with E-state index in [9.17, 15) is 5.11 Å². The maximum atomic E-state index is 9.29. The molecular weight excluding hydrogens is 168 g/mol. The fraction of sp³-hybridized carbons (Fsp3) is 1.00. The van der Waals surface area contributed by atoms with Gasteiger partial charge in [-0.15, -0.1) is 0 Å². The molecular formula is C6H13BrO. The van der Waals surface area contributed by atoms with Crippen LogP contribution in [0.15, 0.2) is 0 Å². The SMILES string of the molecule is CCC(C)(O)CCBr. The molecule has 0 aromatic carbocycles. The van der Waals surface area contributed by atoms with Crippen molar-refractivity contribution in [1.29, 1.82) is 0 Å². The van der Waals surface area contributed by atoms with Gasteiger partial charge in [0.05, 0.1) is 5.60 Å². The van der Waals surface area contributed by atoms with E-state index in [1.54, 1.807) is 0 Å². The molecule has 0 saturated carbocycles. The van der Waals surface area contributed by atoms with Gasteiger partial charge in [-0.3, -0.25) is 0 Å². The number of hydrogen-bond donors (Lipinski definition) is 1. The average molecular weight is 181 g/mol. The van der Waals surface area contributed by atoms with Crippen LogP contribution in [0.5, 0.6) is 0 Å². The Morgan fingerprint density at radius 3 is 2.25 bits per heavy atom. The van der Waals surface area contributed by atoms with E-state index >= 15 is 0 Å². The predicted octanol–water partition coefficient (Wildman–Crippen LogP) is 1.93. The van der Waals surface area contributed by atoms with E-state index in [0.717, 1.165) is 18.2 Å². The fourth-order valence-corrected chi connectivity index (χ4v) is 1.23. The molecule has 0 fully saturated rings. The first-order chi connectivity index (χ1) is 3.62. The van der Waals surface area contributed by atoms with E-state index in [1.165, 1.54) is 0 Å². The molecule has 0 radical (unpaired) electrons. The summed E-state index contributed by atoms with van der Waals surface area (Å²) in [5, 5.41) is 10.2. The van der Waals surface area contributed by atoms with Crippen molar-refractivity contribution in [2.24, 2.45) is 0 Å². The summed E-state index contributed by atoms with van der Waals surface area (Å²) in [5.41, 5.74) is -0.455. The molecule has 0 rings (SSSR count). The minimum Gasteiger partial charge on any atom is -0.390 e. The summed E-state index contributed by atoms with van der Waals surface area (Å²) in [6, 6.07) is 0. The van der Waals surface area contributed by atoms with Crippen molar-refractivity contribution in [2.45, 2.75) is 32.3 Å². The summed E-state index contributed by atoms with van der Waals surface area (Å²) in [6.07, 6.45) is 1.67. The van der Waals surface area contributed by atoms with Gasteiger partial charge in [-0.2, -0.15) is 0 Å². The highest BCUT2D eigenvalue weighted by Crippen LogP contribution is 2.13. The third kappa shape index (κ3) is 3.44. The minimum absolute atomic E-state index is 0.455. The van der Waals surface area contributed by atoms with Crippen molar-refractivity contribution in [2.75, 3.05) is 5.33 Å². The molecule has 1 N–H and O–H groups in total. The zero-order valence-corrected chi connectivity index (χ0v) is 7.03. The zero-order chi connectivity index (χ0) is 6.62. The highest BCUT2D eigenvalue weighted by molar-refractivity contribution is 9.09. The summed E-state index contributed by atoms with van der Waals surface area (Å²) in [4.78, 5) is 0. The van der Waals surface area contributed by atoms with E-state index in [0.29, 0.717) is 0 Å². The Kier molecular flexibility index (Phi) is 3.65. The van der Waals surface area contributed by atoms with Gasteiger partial charge in [-0.1, -0.05) is 22.9 Å². The van der Waals surface area contributed by atoms with E-state index < -0.39 is 5.60 Å². The molecule has 0 aliphatic heterocycles. The van der Waals surface area contributed by atoms with Gasteiger partial charge in [-0.25, -0.2) is 0 Å². The van der Waals surface area contributed by atoms with E-state index in [4.69, 9.17) is 0 Å². The first kappa shape index (κ1) is 8.44. The van der Waals surface area contributed by atoms with Crippen LogP contribution in [0, 0.1) is 0 Å². The molecule has 0 aliphatic carbocycles. The molecule has 1 nitrogen and oxygen atoms in total. The fourth-order valence-electron chi connectivity index (χ4n) is 0.380. The first-order valence-corrected chi connectivity index (χ1v) is 4.03. The van der Waals surface area contributed by atoms with Crippen LogP contribution < -0.4 is 0 Å². The second kappa shape index (κ2) is 3.46. The zero-order valence-electron chi connectivity index (χ0n) is 5.45. The molecule has 1 atom stereocenters. The van der Waals surface area contributed by atoms with Crippen LogP contribution in [-0.4, -0.2) is 16.0 Å². The highest BCUT2D eigenvalue weighted by atomic mass is 79.9. The summed E-state index contributed by atoms with van der Waals surface area (Å²) in [6.45, 7) is 3.84. The van der Waals surface area contributed by atoms with Crippen molar-refractivity contribution in [3.05, 3.63) is 0 Å². The number of rotatable bonds is 3. The molecule has 0 heterocycles. The third-order valence-electron chi connectivity index (χ3n) is 1.39. The normalized spacial score (nSPS) is 18.0. The second-order valence-corrected chi connectivity index (χ2v) is 3.08. The lowest BCUT2D eigenvalue weighted by atomic mass is 10.0. The predicted molar refractivity (Wildman–Crippen MR) is 39.3 cm³/mol. The van der Waals surface area contributed by atoms with Crippen LogP contribution in [-0.2, 0) is 0 Å². The Morgan fingerprint density at radius 2 is 2.12 bits per heavy atom. The van der Waals surface area contributed by atoms with Crippen molar-refractivity contribution in [3.63, 3.8) is 0 Å². The van der Waals surface area contributed by atoms with Crippen LogP contribution in [0.25, 0.3) is 0 Å². The average Bonchev–Trinajstić information content (AvgIpc) is 1.67. The Hall–Kier alpha value is 0.440. The topological polar surface area (TPSA) is 20.2 Å². The Labute approximate surface area is 59.2 Å². The standard InChI is InChI=1S/C6H13BrO/c1-3-6(2,8)4-5-7/h8H,3-5H2,1-2H3. The van der Waals surface area contributed by atoms with Crippen LogP contribution in [0.2, 0.25) is 0 Å². The van der Waals surface area contributed by atoms with Crippen molar-refractivity contribution in [3.8, 4) is 0 Å². The summed E-state index contributed by atoms with van der Waals surface area (Å²) < 4.78 is 0. The summed E-state index contributed by atoms with van der Waals surface area (Å²) in [7, 11) is 0. The monoisotopic (exact) mass is 180 g/mol. The lowest BCUT2D eigenvalue weighted by molar-refractivity contribution is 0.0536. The summed E-state index contributed by atoms with van der Waals surface area (Å²) in [5.74, 6) is 0.